The number of hydrogen-bond acceptors (Lipinski definition) is 5. The quantitative estimate of drug-likeness (QED) is 0.685. The van der Waals surface area contributed by atoms with Crippen molar-refractivity contribution >= 4 is 23.2 Å². The summed E-state index contributed by atoms with van der Waals surface area (Å²) >= 11 is 6.15. The Balaban J connectivity index is 1.98. The fraction of sp³-hybridized carbons (Fsp3) is 0.381. The summed E-state index contributed by atoms with van der Waals surface area (Å²) in [6.07, 6.45) is 0. The molecule has 1 amide bonds. The average molecular weight is 407 g/mol. The highest BCUT2D eigenvalue weighted by Gasteiger charge is 2.15. The van der Waals surface area contributed by atoms with E-state index < -0.39 is 0 Å². The smallest absolute Gasteiger partial charge is 0.258 e. The number of halogens is 1. The van der Waals surface area contributed by atoms with Crippen molar-refractivity contribution in [3.63, 3.8) is 0 Å². The van der Waals surface area contributed by atoms with Crippen LogP contribution in [0.3, 0.4) is 0 Å². The molecule has 152 valence electrons. The fourth-order valence-corrected chi connectivity index (χ4v) is 2.78. The van der Waals surface area contributed by atoms with E-state index in [4.69, 9.17) is 25.8 Å². The third-order valence-electron chi connectivity index (χ3n) is 3.75. The Morgan fingerprint density at radius 1 is 1.00 bits per heavy atom. The molecule has 0 spiro atoms. The van der Waals surface area contributed by atoms with Crippen LogP contribution in [0, 0.1) is 0 Å². The zero-order valence-electron chi connectivity index (χ0n) is 16.9. The Kier molecular flexibility index (Phi) is 7.40. The molecule has 0 saturated heterocycles. The molecule has 28 heavy (non-hydrogen) atoms. The van der Waals surface area contributed by atoms with Gasteiger partial charge in [-0.05, 0) is 56.7 Å². The van der Waals surface area contributed by atoms with E-state index >= 15 is 0 Å². The van der Waals surface area contributed by atoms with Gasteiger partial charge >= 0.3 is 0 Å². The highest BCUT2D eigenvalue weighted by molar-refractivity contribution is 6.32. The lowest BCUT2D eigenvalue weighted by Gasteiger charge is -2.20. The molecule has 2 aromatic carbocycles. The lowest BCUT2D eigenvalue weighted by atomic mass is 10.1. The van der Waals surface area contributed by atoms with Crippen molar-refractivity contribution in [2.24, 2.45) is 0 Å². The molecule has 7 heteroatoms. The van der Waals surface area contributed by atoms with Crippen molar-refractivity contribution in [1.82, 2.24) is 5.32 Å². The van der Waals surface area contributed by atoms with Crippen molar-refractivity contribution in [1.29, 1.82) is 0 Å². The number of anilines is 1. The van der Waals surface area contributed by atoms with Gasteiger partial charge in [0.25, 0.3) is 5.91 Å². The van der Waals surface area contributed by atoms with Crippen LogP contribution in [0.2, 0.25) is 5.02 Å². The van der Waals surface area contributed by atoms with Gasteiger partial charge in [-0.15, -0.1) is 0 Å². The molecule has 0 fully saturated rings. The van der Waals surface area contributed by atoms with E-state index in [1.54, 1.807) is 20.3 Å². The average Bonchev–Trinajstić information content (AvgIpc) is 2.63. The molecule has 0 aliphatic heterocycles. The second-order valence-corrected chi connectivity index (χ2v) is 7.68. The molecule has 0 aliphatic rings. The molecule has 0 radical (unpaired) electrons. The van der Waals surface area contributed by atoms with Gasteiger partial charge in [0.2, 0.25) is 0 Å². The standard InChI is InChI=1S/C21H27ClN2O4/c1-21(2,3)24-20(25)13-28-18-8-6-14(10-19(18)27-5)12-23-15-7-9-17(26-4)16(22)11-15/h6-11,23H,12-13H2,1-5H3,(H,24,25). The highest BCUT2D eigenvalue weighted by Crippen LogP contribution is 2.30. The SMILES string of the molecule is COc1ccc(NCc2ccc(OCC(=O)NC(C)(C)C)c(OC)c2)cc1Cl. The minimum absolute atomic E-state index is 0.0738. The van der Waals surface area contributed by atoms with Crippen LogP contribution in [0.4, 0.5) is 5.69 Å². The number of methoxy groups -OCH3 is 2. The van der Waals surface area contributed by atoms with Crippen LogP contribution in [0.15, 0.2) is 36.4 Å². The van der Waals surface area contributed by atoms with Crippen molar-refractivity contribution in [3.8, 4) is 17.2 Å². The number of carbonyl (C=O) groups excluding carboxylic acids is 1. The van der Waals surface area contributed by atoms with Crippen molar-refractivity contribution < 1.29 is 19.0 Å². The molecule has 0 atom stereocenters. The van der Waals surface area contributed by atoms with Crippen LogP contribution in [-0.2, 0) is 11.3 Å². The molecule has 0 aromatic heterocycles. The van der Waals surface area contributed by atoms with Crippen LogP contribution >= 0.6 is 11.6 Å². The van der Waals surface area contributed by atoms with Crippen LogP contribution in [0.1, 0.15) is 26.3 Å². The van der Waals surface area contributed by atoms with Gasteiger partial charge in [-0.3, -0.25) is 4.79 Å². The number of amides is 1. The van der Waals surface area contributed by atoms with Gasteiger partial charge in [0.15, 0.2) is 18.1 Å². The lowest BCUT2D eigenvalue weighted by molar-refractivity contribution is -0.124. The molecule has 0 aliphatic carbocycles. The maximum atomic E-state index is 11.9. The summed E-state index contributed by atoms with van der Waals surface area (Å²) in [5.41, 5.74) is 1.57. The Morgan fingerprint density at radius 2 is 1.68 bits per heavy atom. The maximum Gasteiger partial charge on any atom is 0.258 e. The van der Waals surface area contributed by atoms with Gasteiger partial charge in [-0.1, -0.05) is 17.7 Å². The second kappa shape index (κ2) is 9.55. The zero-order valence-corrected chi connectivity index (χ0v) is 17.6. The van der Waals surface area contributed by atoms with E-state index in [2.05, 4.69) is 10.6 Å². The number of ether oxygens (including phenoxy) is 3. The first-order valence-corrected chi connectivity index (χ1v) is 9.28. The summed E-state index contributed by atoms with van der Waals surface area (Å²) in [6, 6.07) is 11.1. The van der Waals surface area contributed by atoms with Crippen LogP contribution in [-0.4, -0.2) is 32.3 Å². The van der Waals surface area contributed by atoms with Gasteiger partial charge < -0.3 is 24.8 Å². The van der Waals surface area contributed by atoms with Gasteiger partial charge in [-0.25, -0.2) is 0 Å². The molecular formula is C21H27ClN2O4. The highest BCUT2D eigenvalue weighted by atomic mass is 35.5. The third kappa shape index (κ3) is 6.53. The van der Waals surface area contributed by atoms with E-state index in [0.29, 0.717) is 28.8 Å². The first kappa shape index (κ1) is 21.7. The van der Waals surface area contributed by atoms with Crippen molar-refractivity contribution in [2.45, 2.75) is 32.9 Å². The molecule has 2 N–H and O–H groups in total. The molecule has 0 heterocycles. The van der Waals surface area contributed by atoms with E-state index in [-0.39, 0.29) is 18.1 Å². The van der Waals surface area contributed by atoms with E-state index in [1.165, 1.54) is 0 Å². The summed E-state index contributed by atoms with van der Waals surface area (Å²) in [5, 5.41) is 6.70. The van der Waals surface area contributed by atoms with Gasteiger partial charge in [-0.2, -0.15) is 0 Å². The first-order chi connectivity index (χ1) is 13.2. The Morgan fingerprint density at radius 3 is 2.29 bits per heavy atom. The van der Waals surface area contributed by atoms with E-state index in [0.717, 1.165) is 11.3 Å². The number of rotatable bonds is 8. The van der Waals surface area contributed by atoms with E-state index in [9.17, 15) is 4.79 Å². The Hall–Kier alpha value is -2.60. The molecule has 2 aromatic rings. The minimum Gasteiger partial charge on any atom is -0.495 e. The van der Waals surface area contributed by atoms with Gasteiger partial charge in [0, 0.05) is 17.8 Å². The topological polar surface area (TPSA) is 68.8 Å². The second-order valence-electron chi connectivity index (χ2n) is 7.27. The minimum atomic E-state index is -0.301. The number of hydrogen-bond donors (Lipinski definition) is 2. The molecule has 0 bridgehead atoms. The molecule has 0 unspecified atom stereocenters. The van der Waals surface area contributed by atoms with Crippen LogP contribution in [0.5, 0.6) is 17.2 Å². The summed E-state index contributed by atoms with van der Waals surface area (Å²) in [4.78, 5) is 11.9. The molecule has 6 nitrogen and oxygen atoms in total. The van der Waals surface area contributed by atoms with Crippen molar-refractivity contribution in [3.05, 3.63) is 47.0 Å². The summed E-state index contributed by atoms with van der Waals surface area (Å²) in [7, 11) is 3.15. The maximum absolute atomic E-state index is 11.9. The Bertz CT molecular complexity index is 819. The summed E-state index contributed by atoms with van der Waals surface area (Å²) in [6.45, 7) is 6.26. The normalized spacial score (nSPS) is 10.9. The van der Waals surface area contributed by atoms with Gasteiger partial charge in [0.1, 0.15) is 5.75 Å². The number of carbonyl (C=O) groups is 1. The third-order valence-corrected chi connectivity index (χ3v) is 4.05. The number of benzene rings is 2. The Labute approximate surface area is 171 Å². The lowest BCUT2D eigenvalue weighted by Crippen LogP contribution is -2.43. The number of nitrogens with one attached hydrogen (secondary N) is 2. The predicted octanol–water partition coefficient (Wildman–Crippen LogP) is 4.26. The van der Waals surface area contributed by atoms with Gasteiger partial charge in [0.05, 0.1) is 19.2 Å². The summed E-state index contributed by atoms with van der Waals surface area (Å²) in [5.74, 6) is 1.53. The summed E-state index contributed by atoms with van der Waals surface area (Å²) < 4.78 is 16.2. The molecular weight excluding hydrogens is 380 g/mol. The van der Waals surface area contributed by atoms with E-state index in [1.807, 2.05) is 51.1 Å². The largest absolute Gasteiger partial charge is 0.495 e. The molecule has 2 rings (SSSR count). The first-order valence-electron chi connectivity index (χ1n) is 8.90. The predicted molar refractivity (Wildman–Crippen MR) is 112 cm³/mol. The monoisotopic (exact) mass is 406 g/mol. The van der Waals surface area contributed by atoms with Crippen LogP contribution in [0.25, 0.3) is 0 Å². The fourth-order valence-electron chi connectivity index (χ4n) is 2.52. The van der Waals surface area contributed by atoms with Crippen LogP contribution < -0.4 is 24.8 Å². The molecule has 0 saturated carbocycles. The zero-order chi connectivity index (χ0) is 20.7. The van der Waals surface area contributed by atoms with Crippen molar-refractivity contribution in [2.75, 3.05) is 26.1 Å².